The predicted molar refractivity (Wildman–Crippen MR) is 79.3 cm³/mol. The number of nitrogens with one attached hydrogen (secondary N) is 2. The molecule has 0 fully saturated rings. The van der Waals surface area contributed by atoms with Crippen LogP contribution in [0.3, 0.4) is 0 Å². The maximum absolute atomic E-state index is 12.1. The number of hydrogen-bond donors (Lipinski definition) is 2. The van der Waals surface area contributed by atoms with Crippen LogP contribution in [0, 0.1) is 5.92 Å². The van der Waals surface area contributed by atoms with Crippen molar-refractivity contribution < 1.29 is 14.1 Å². The molecule has 0 aromatic carbocycles. The second-order valence-corrected chi connectivity index (χ2v) is 5.33. The molecule has 0 aliphatic carbocycles. The lowest BCUT2D eigenvalue weighted by Gasteiger charge is -1.99. The molecule has 0 spiro atoms. The van der Waals surface area contributed by atoms with Gasteiger partial charge in [0.15, 0.2) is 5.69 Å². The molecule has 2 N–H and O–H groups in total. The number of aromatic nitrogens is 3. The zero-order valence-electron chi connectivity index (χ0n) is 12.8. The summed E-state index contributed by atoms with van der Waals surface area (Å²) in [6.07, 6.45) is 3.77. The maximum Gasteiger partial charge on any atom is 0.277 e. The highest BCUT2D eigenvalue weighted by atomic mass is 16.5. The third-order valence-corrected chi connectivity index (χ3v) is 2.88. The summed E-state index contributed by atoms with van der Waals surface area (Å²) >= 11 is 0. The maximum atomic E-state index is 12.1. The Hall–Kier alpha value is -2.64. The van der Waals surface area contributed by atoms with Crippen molar-refractivity contribution in [1.29, 1.82) is 0 Å². The summed E-state index contributed by atoms with van der Waals surface area (Å²) in [6, 6.07) is 1.63. The fourth-order valence-corrected chi connectivity index (χ4v) is 1.85. The summed E-state index contributed by atoms with van der Waals surface area (Å²) in [6.45, 7) is 4.21. The van der Waals surface area contributed by atoms with Crippen molar-refractivity contribution in [3.05, 3.63) is 29.9 Å². The van der Waals surface area contributed by atoms with Crippen molar-refractivity contribution in [3.8, 4) is 0 Å². The number of amides is 2. The predicted octanol–water partition coefficient (Wildman–Crippen LogP) is 1.07. The summed E-state index contributed by atoms with van der Waals surface area (Å²) in [5, 5.41) is 12.9. The van der Waals surface area contributed by atoms with Gasteiger partial charge >= 0.3 is 0 Å². The molecule has 118 valence electrons. The summed E-state index contributed by atoms with van der Waals surface area (Å²) in [7, 11) is 1.55. The molecule has 0 bridgehead atoms. The highest BCUT2D eigenvalue weighted by Gasteiger charge is 2.14. The van der Waals surface area contributed by atoms with E-state index in [0.29, 0.717) is 17.4 Å². The monoisotopic (exact) mass is 305 g/mol. The molecule has 8 nitrogen and oxygen atoms in total. The summed E-state index contributed by atoms with van der Waals surface area (Å²) in [5.41, 5.74) is 0.706. The number of carbonyl (C=O) groups excluding carboxylic acids is 2. The summed E-state index contributed by atoms with van der Waals surface area (Å²) < 4.78 is 6.55. The van der Waals surface area contributed by atoms with Crippen LogP contribution in [0.4, 0.5) is 5.69 Å². The van der Waals surface area contributed by atoms with Gasteiger partial charge in [-0.05, 0) is 5.92 Å². The van der Waals surface area contributed by atoms with Gasteiger partial charge in [0, 0.05) is 25.7 Å². The van der Waals surface area contributed by atoms with E-state index in [0.717, 1.165) is 6.42 Å². The van der Waals surface area contributed by atoms with Crippen molar-refractivity contribution in [2.45, 2.75) is 26.8 Å². The van der Waals surface area contributed by atoms with E-state index in [1.54, 1.807) is 19.3 Å². The molecule has 0 aliphatic rings. The topological polar surface area (TPSA) is 102 Å². The molecule has 0 saturated heterocycles. The van der Waals surface area contributed by atoms with Gasteiger partial charge < -0.3 is 15.2 Å². The van der Waals surface area contributed by atoms with Crippen LogP contribution in [0.15, 0.2) is 23.0 Å². The molecular weight excluding hydrogens is 286 g/mol. The van der Waals surface area contributed by atoms with E-state index < -0.39 is 0 Å². The number of rotatable bonds is 6. The van der Waals surface area contributed by atoms with E-state index in [2.05, 4.69) is 34.7 Å². The van der Waals surface area contributed by atoms with Crippen LogP contribution < -0.4 is 10.6 Å². The minimum absolute atomic E-state index is 0.0921. The zero-order chi connectivity index (χ0) is 16.1. The number of nitrogens with zero attached hydrogens (tertiary/aromatic N) is 3. The van der Waals surface area contributed by atoms with Crippen LogP contribution in [-0.4, -0.2) is 33.8 Å². The van der Waals surface area contributed by atoms with Crippen LogP contribution in [-0.2, 0) is 17.8 Å². The van der Waals surface area contributed by atoms with E-state index >= 15 is 0 Å². The minimum Gasteiger partial charge on any atom is -0.361 e. The highest BCUT2D eigenvalue weighted by molar-refractivity contribution is 6.02. The Labute approximate surface area is 127 Å². The highest BCUT2D eigenvalue weighted by Crippen LogP contribution is 2.12. The molecule has 0 aliphatic heterocycles. The SMILES string of the molecule is CNC(=O)Cn1cc(NC(=O)c2cc(CC(C)C)on2)cn1. The van der Waals surface area contributed by atoms with Gasteiger partial charge in [0.25, 0.3) is 5.91 Å². The number of anilines is 1. The van der Waals surface area contributed by atoms with E-state index in [1.165, 1.54) is 10.9 Å². The lowest BCUT2D eigenvalue weighted by molar-refractivity contribution is -0.121. The fourth-order valence-electron chi connectivity index (χ4n) is 1.85. The molecule has 2 rings (SSSR count). The standard InChI is InChI=1S/C14H19N5O3/c1-9(2)4-11-5-12(18-22-11)14(21)17-10-6-16-19(7-10)8-13(20)15-3/h5-7,9H,4,8H2,1-3H3,(H,15,20)(H,17,21). The number of hydrogen-bond acceptors (Lipinski definition) is 5. The van der Waals surface area contributed by atoms with Crippen molar-refractivity contribution in [2.75, 3.05) is 12.4 Å². The van der Waals surface area contributed by atoms with Gasteiger partial charge in [-0.3, -0.25) is 14.3 Å². The van der Waals surface area contributed by atoms with Crippen molar-refractivity contribution in [1.82, 2.24) is 20.3 Å². The molecule has 2 aromatic heterocycles. The van der Waals surface area contributed by atoms with Gasteiger partial charge in [-0.1, -0.05) is 19.0 Å². The molecule has 2 heterocycles. The average Bonchev–Trinajstić information content (AvgIpc) is 3.07. The molecule has 0 atom stereocenters. The Bertz CT molecular complexity index is 659. The first-order valence-electron chi connectivity index (χ1n) is 6.98. The molecule has 22 heavy (non-hydrogen) atoms. The zero-order valence-corrected chi connectivity index (χ0v) is 12.8. The molecule has 0 radical (unpaired) electrons. The van der Waals surface area contributed by atoms with Gasteiger partial charge in [-0.2, -0.15) is 5.10 Å². The molecule has 0 saturated carbocycles. The van der Waals surface area contributed by atoms with E-state index in [9.17, 15) is 9.59 Å². The van der Waals surface area contributed by atoms with Gasteiger partial charge in [-0.15, -0.1) is 0 Å². The molecular formula is C14H19N5O3. The third kappa shape index (κ3) is 4.18. The summed E-state index contributed by atoms with van der Waals surface area (Å²) in [4.78, 5) is 23.3. The fraction of sp³-hybridized carbons (Fsp3) is 0.429. The van der Waals surface area contributed by atoms with Gasteiger partial charge in [0.1, 0.15) is 12.3 Å². The lowest BCUT2D eigenvalue weighted by atomic mass is 10.1. The first-order valence-corrected chi connectivity index (χ1v) is 6.98. The molecule has 2 aromatic rings. The average molecular weight is 305 g/mol. The minimum atomic E-state index is -0.377. The first-order chi connectivity index (χ1) is 10.5. The van der Waals surface area contributed by atoms with Crippen molar-refractivity contribution >= 4 is 17.5 Å². The van der Waals surface area contributed by atoms with E-state index in [4.69, 9.17) is 4.52 Å². The quantitative estimate of drug-likeness (QED) is 0.831. The molecule has 2 amide bonds. The van der Waals surface area contributed by atoms with Crippen LogP contribution in [0.2, 0.25) is 0 Å². The Morgan fingerprint density at radius 1 is 1.41 bits per heavy atom. The second-order valence-electron chi connectivity index (χ2n) is 5.33. The largest absolute Gasteiger partial charge is 0.361 e. The Balaban J connectivity index is 1.97. The second kappa shape index (κ2) is 6.88. The van der Waals surface area contributed by atoms with Crippen LogP contribution in [0.25, 0.3) is 0 Å². The Morgan fingerprint density at radius 2 is 2.18 bits per heavy atom. The van der Waals surface area contributed by atoms with Crippen molar-refractivity contribution in [2.24, 2.45) is 5.92 Å². The first kappa shape index (κ1) is 15.7. The normalized spacial score (nSPS) is 10.7. The van der Waals surface area contributed by atoms with Gasteiger partial charge in [-0.25, -0.2) is 0 Å². The number of likely N-dealkylation sites (N-methyl/N-ethyl adjacent to an activating group) is 1. The Morgan fingerprint density at radius 3 is 2.86 bits per heavy atom. The number of carbonyl (C=O) groups is 2. The Kier molecular flexibility index (Phi) is 4.92. The van der Waals surface area contributed by atoms with E-state index in [1.807, 2.05) is 0 Å². The summed E-state index contributed by atoms with van der Waals surface area (Å²) in [5.74, 6) is 0.552. The van der Waals surface area contributed by atoms with Crippen molar-refractivity contribution in [3.63, 3.8) is 0 Å². The van der Waals surface area contributed by atoms with E-state index in [-0.39, 0.29) is 24.1 Å². The molecule has 0 unspecified atom stereocenters. The van der Waals surface area contributed by atoms with Gasteiger partial charge in [0.2, 0.25) is 5.91 Å². The van der Waals surface area contributed by atoms with Crippen LogP contribution in [0.5, 0.6) is 0 Å². The molecule has 8 heteroatoms. The van der Waals surface area contributed by atoms with Gasteiger partial charge in [0.05, 0.1) is 11.9 Å². The third-order valence-electron chi connectivity index (χ3n) is 2.88. The van der Waals surface area contributed by atoms with Crippen LogP contribution >= 0.6 is 0 Å². The smallest absolute Gasteiger partial charge is 0.277 e. The van der Waals surface area contributed by atoms with Crippen LogP contribution in [0.1, 0.15) is 30.1 Å². The lowest BCUT2D eigenvalue weighted by Crippen LogP contribution is -2.23.